The molecule has 2 N–H and O–H groups in total. The average molecular weight is 322 g/mol. The Hall–Kier alpha value is -0.680. The molecule has 0 spiro atoms. The molecule has 0 rings (SSSR count). The highest BCUT2D eigenvalue weighted by Gasteiger charge is 2.23. The predicted molar refractivity (Wildman–Crippen MR) is 80.7 cm³/mol. The largest absolute Gasteiger partial charge is 0.469 e. The third-order valence-corrected chi connectivity index (χ3v) is 3.49. The molecule has 0 aliphatic heterocycles. The van der Waals surface area contributed by atoms with Crippen molar-refractivity contribution in [3.05, 3.63) is 12.2 Å². The minimum absolute atomic E-state index is 0.175. The van der Waals surface area contributed by atoms with Gasteiger partial charge < -0.3 is 14.5 Å². The number of carbonyl (C=O) groups is 1. The van der Waals surface area contributed by atoms with Crippen LogP contribution in [-0.2, 0) is 18.6 Å². The fourth-order valence-electron chi connectivity index (χ4n) is 1.80. The molecule has 0 fully saturated rings. The molecule has 7 heteroatoms. The second-order valence-corrected chi connectivity index (χ2v) is 6.35. The van der Waals surface area contributed by atoms with Crippen LogP contribution in [0.1, 0.15) is 58.8 Å². The van der Waals surface area contributed by atoms with E-state index in [4.69, 9.17) is 14.5 Å². The van der Waals surface area contributed by atoms with Crippen LogP contribution in [0.4, 0.5) is 0 Å². The van der Waals surface area contributed by atoms with Gasteiger partial charge in [0.1, 0.15) is 12.7 Å². The summed E-state index contributed by atoms with van der Waals surface area (Å²) in [6.45, 7) is 6.92. The number of esters is 1. The van der Waals surface area contributed by atoms with Crippen LogP contribution in [0.3, 0.4) is 0 Å². The summed E-state index contributed by atoms with van der Waals surface area (Å²) >= 11 is 0. The topological polar surface area (TPSA) is 93.1 Å². The Kier molecular flexibility index (Phi) is 10.6. The van der Waals surface area contributed by atoms with E-state index < -0.39 is 19.9 Å². The molecule has 0 aliphatic carbocycles. The molecular formula is C14H27O6P. The first-order chi connectivity index (χ1) is 9.76. The standard InChI is InChI=1S/C14H27O6P/c1-4-5-6-7-8-9-10-13(20-21(16,17)18)11-19-14(15)12(2)3/h13H,2,4-11H2,1,3H3,(H2,16,17,18). The third-order valence-electron chi connectivity index (χ3n) is 2.91. The smallest absolute Gasteiger partial charge is 0.460 e. The van der Waals surface area contributed by atoms with Gasteiger partial charge in [-0.1, -0.05) is 52.0 Å². The number of phosphoric ester groups is 1. The lowest BCUT2D eigenvalue weighted by Crippen LogP contribution is -2.21. The minimum Gasteiger partial charge on any atom is -0.460 e. The maximum Gasteiger partial charge on any atom is 0.469 e. The molecule has 21 heavy (non-hydrogen) atoms. The fraction of sp³-hybridized carbons (Fsp3) is 0.786. The van der Waals surface area contributed by atoms with Gasteiger partial charge in [-0.05, 0) is 13.3 Å². The Morgan fingerprint density at radius 1 is 1.19 bits per heavy atom. The molecule has 0 radical (unpaired) electrons. The second kappa shape index (κ2) is 11.0. The number of ether oxygens (including phenoxy) is 1. The zero-order chi connectivity index (χ0) is 16.3. The van der Waals surface area contributed by atoms with E-state index in [2.05, 4.69) is 18.0 Å². The number of hydrogen-bond donors (Lipinski definition) is 2. The van der Waals surface area contributed by atoms with Crippen molar-refractivity contribution in [1.29, 1.82) is 0 Å². The van der Waals surface area contributed by atoms with Crippen LogP contribution in [0.5, 0.6) is 0 Å². The predicted octanol–water partition coefficient (Wildman–Crippen LogP) is 3.33. The Bertz CT molecular complexity index is 362. The molecule has 0 aliphatic rings. The van der Waals surface area contributed by atoms with Crippen molar-refractivity contribution in [3.8, 4) is 0 Å². The highest BCUT2D eigenvalue weighted by Crippen LogP contribution is 2.38. The highest BCUT2D eigenvalue weighted by atomic mass is 31.2. The van der Waals surface area contributed by atoms with E-state index in [1.807, 2.05) is 0 Å². The van der Waals surface area contributed by atoms with E-state index in [1.54, 1.807) is 0 Å². The minimum atomic E-state index is -4.59. The molecule has 0 amide bonds. The van der Waals surface area contributed by atoms with Crippen LogP contribution in [0.25, 0.3) is 0 Å². The lowest BCUT2D eigenvalue weighted by atomic mass is 10.1. The summed E-state index contributed by atoms with van der Waals surface area (Å²) in [4.78, 5) is 29.0. The molecule has 1 unspecified atom stereocenters. The van der Waals surface area contributed by atoms with Crippen molar-refractivity contribution >= 4 is 13.8 Å². The van der Waals surface area contributed by atoms with Gasteiger partial charge in [0.05, 0.1) is 0 Å². The average Bonchev–Trinajstić information content (AvgIpc) is 2.37. The van der Waals surface area contributed by atoms with Gasteiger partial charge in [-0.15, -0.1) is 0 Å². The first kappa shape index (κ1) is 20.3. The SMILES string of the molecule is C=C(C)C(=O)OCC(CCCCCCCC)OP(=O)(O)O. The molecule has 0 bridgehead atoms. The second-order valence-electron chi connectivity index (χ2n) is 5.15. The third kappa shape index (κ3) is 12.8. The summed E-state index contributed by atoms with van der Waals surface area (Å²) in [7, 11) is -4.59. The van der Waals surface area contributed by atoms with Gasteiger partial charge in [-0.2, -0.15) is 0 Å². The lowest BCUT2D eigenvalue weighted by molar-refractivity contribution is -0.141. The molecule has 1 atom stereocenters. The molecule has 0 aromatic heterocycles. The van der Waals surface area contributed by atoms with Crippen molar-refractivity contribution in [1.82, 2.24) is 0 Å². The summed E-state index contributed by atoms with van der Waals surface area (Å²) < 4.78 is 20.5. The van der Waals surface area contributed by atoms with Crippen LogP contribution in [-0.4, -0.2) is 28.5 Å². The van der Waals surface area contributed by atoms with Crippen molar-refractivity contribution in [2.45, 2.75) is 64.9 Å². The molecule has 6 nitrogen and oxygen atoms in total. The summed E-state index contributed by atoms with van der Waals surface area (Å²) in [5.41, 5.74) is 0.240. The maximum atomic E-state index is 11.3. The molecule has 0 heterocycles. The van der Waals surface area contributed by atoms with Gasteiger partial charge >= 0.3 is 13.8 Å². The first-order valence-corrected chi connectivity index (χ1v) is 8.86. The zero-order valence-electron chi connectivity index (χ0n) is 12.9. The van der Waals surface area contributed by atoms with E-state index in [0.717, 1.165) is 25.7 Å². The Balaban J connectivity index is 4.12. The molecular weight excluding hydrogens is 295 g/mol. The van der Waals surface area contributed by atoms with E-state index in [0.29, 0.717) is 6.42 Å². The Morgan fingerprint density at radius 3 is 2.29 bits per heavy atom. The highest BCUT2D eigenvalue weighted by molar-refractivity contribution is 7.46. The number of unbranched alkanes of at least 4 members (excludes halogenated alkanes) is 5. The van der Waals surface area contributed by atoms with Crippen LogP contribution < -0.4 is 0 Å². The van der Waals surface area contributed by atoms with Gasteiger partial charge in [0, 0.05) is 5.57 Å². The molecule has 0 aromatic rings. The van der Waals surface area contributed by atoms with Crippen LogP contribution in [0, 0.1) is 0 Å². The maximum absolute atomic E-state index is 11.3. The van der Waals surface area contributed by atoms with Crippen molar-refractivity contribution in [2.75, 3.05) is 6.61 Å². The van der Waals surface area contributed by atoms with Gasteiger partial charge in [0.25, 0.3) is 0 Å². The zero-order valence-corrected chi connectivity index (χ0v) is 13.8. The van der Waals surface area contributed by atoms with E-state index >= 15 is 0 Å². The Morgan fingerprint density at radius 2 is 1.76 bits per heavy atom. The number of hydrogen-bond acceptors (Lipinski definition) is 4. The van der Waals surface area contributed by atoms with Crippen LogP contribution >= 0.6 is 7.82 Å². The van der Waals surface area contributed by atoms with Crippen LogP contribution in [0.2, 0.25) is 0 Å². The quantitative estimate of drug-likeness (QED) is 0.248. The van der Waals surface area contributed by atoms with Gasteiger partial charge in [-0.25, -0.2) is 9.36 Å². The molecule has 124 valence electrons. The monoisotopic (exact) mass is 322 g/mol. The van der Waals surface area contributed by atoms with Gasteiger partial charge in [0.2, 0.25) is 0 Å². The number of phosphoric acid groups is 1. The number of carbonyl (C=O) groups excluding carboxylic acids is 1. The molecule has 0 saturated heterocycles. The number of rotatable bonds is 12. The lowest BCUT2D eigenvalue weighted by Gasteiger charge is -2.18. The van der Waals surface area contributed by atoms with Gasteiger partial charge in [0.15, 0.2) is 0 Å². The van der Waals surface area contributed by atoms with Crippen LogP contribution in [0.15, 0.2) is 12.2 Å². The molecule has 0 saturated carbocycles. The first-order valence-electron chi connectivity index (χ1n) is 7.32. The van der Waals surface area contributed by atoms with E-state index in [1.165, 1.54) is 19.8 Å². The van der Waals surface area contributed by atoms with Crippen molar-refractivity contribution in [2.24, 2.45) is 0 Å². The summed E-state index contributed by atoms with van der Waals surface area (Å²) in [6.07, 6.45) is 6.00. The van der Waals surface area contributed by atoms with Gasteiger partial charge in [-0.3, -0.25) is 4.52 Å². The summed E-state index contributed by atoms with van der Waals surface area (Å²) in [5, 5.41) is 0. The summed E-state index contributed by atoms with van der Waals surface area (Å²) in [5.74, 6) is -0.586. The molecule has 0 aromatic carbocycles. The Labute approximate surface area is 126 Å². The van der Waals surface area contributed by atoms with Crippen molar-refractivity contribution < 1.29 is 28.4 Å². The fourth-order valence-corrected chi connectivity index (χ4v) is 2.36. The van der Waals surface area contributed by atoms with Crippen molar-refractivity contribution in [3.63, 3.8) is 0 Å². The normalized spacial score (nSPS) is 13.0. The summed E-state index contributed by atoms with van der Waals surface area (Å²) in [6, 6.07) is 0. The van der Waals surface area contributed by atoms with E-state index in [9.17, 15) is 9.36 Å². The van der Waals surface area contributed by atoms with E-state index in [-0.39, 0.29) is 12.2 Å².